The average Bonchev–Trinajstić information content (AvgIpc) is 2.72. The van der Waals surface area contributed by atoms with Crippen molar-refractivity contribution in [1.82, 2.24) is 0 Å². The van der Waals surface area contributed by atoms with Crippen LogP contribution < -0.4 is 5.32 Å². The SMILES string of the molecule is O=C1Nc2ccc(Br)cc2/C1=C/c1cc(O)c(O)c(Br)c1. The number of nitrogens with one attached hydrogen (secondary N) is 1. The number of rotatable bonds is 1. The van der Waals surface area contributed by atoms with Crippen LogP contribution in [0.15, 0.2) is 39.3 Å². The quantitative estimate of drug-likeness (QED) is 0.489. The Morgan fingerprint density at radius 2 is 1.86 bits per heavy atom. The summed E-state index contributed by atoms with van der Waals surface area (Å²) in [4.78, 5) is 12.1. The molecule has 0 bridgehead atoms. The molecular weight excluding hydrogens is 402 g/mol. The van der Waals surface area contributed by atoms with E-state index in [2.05, 4.69) is 37.2 Å². The van der Waals surface area contributed by atoms with Gasteiger partial charge in [0.15, 0.2) is 11.5 Å². The Labute approximate surface area is 137 Å². The minimum absolute atomic E-state index is 0.202. The normalized spacial score (nSPS) is 15.1. The van der Waals surface area contributed by atoms with Crippen molar-refractivity contribution in [3.8, 4) is 11.5 Å². The van der Waals surface area contributed by atoms with Crippen molar-refractivity contribution in [2.75, 3.05) is 5.32 Å². The number of halogens is 2. The number of fused-ring (bicyclic) bond motifs is 1. The number of hydrogen-bond donors (Lipinski definition) is 3. The van der Waals surface area contributed by atoms with Gasteiger partial charge in [0.05, 0.1) is 4.47 Å². The number of carbonyl (C=O) groups is 1. The van der Waals surface area contributed by atoms with Crippen LogP contribution in [-0.4, -0.2) is 16.1 Å². The van der Waals surface area contributed by atoms with Gasteiger partial charge in [-0.25, -0.2) is 0 Å². The molecule has 1 heterocycles. The monoisotopic (exact) mass is 409 g/mol. The molecule has 4 nitrogen and oxygen atoms in total. The summed E-state index contributed by atoms with van der Waals surface area (Å²) in [5.74, 6) is -0.674. The van der Waals surface area contributed by atoms with E-state index in [-0.39, 0.29) is 17.4 Å². The molecule has 3 N–H and O–H groups in total. The van der Waals surface area contributed by atoms with Crippen molar-refractivity contribution in [3.63, 3.8) is 0 Å². The third-order valence-electron chi connectivity index (χ3n) is 3.14. The number of amides is 1. The lowest BCUT2D eigenvalue weighted by atomic mass is 10.0. The van der Waals surface area contributed by atoms with E-state index in [0.29, 0.717) is 15.6 Å². The van der Waals surface area contributed by atoms with Gasteiger partial charge in [-0.2, -0.15) is 0 Å². The second-order valence-electron chi connectivity index (χ2n) is 4.57. The Bertz CT molecular complexity index is 776. The third kappa shape index (κ3) is 2.56. The van der Waals surface area contributed by atoms with E-state index in [1.807, 2.05) is 18.2 Å². The van der Waals surface area contributed by atoms with Crippen LogP contribution in [0.1, 0.15) is 11.1 Å². The van der Waals surface area contributed by atoms with Crippen LogP contribution in [-0.2, 0) is 4.79 Å². The van der Waals surface area contributed by atoms with E-state index in [9.17, 15) is 15.0 Å². The van der Waals surface area contributed by atoms with Crippen LogP contribution in [0.2, 0.25) is 0 Å². The Hall–Kier alpha value is -1.79. The van der Waals surface area contributed by atoms with Gasteiger partial charge < -0.3 is 15.5 Å². The number of phenols is 2. The van der Waals surface area contributed by atoms with Crippen LogP contribution in [0, 0.1) is 0 Å². The van der Waals surface area contributed by atoms with Crippen molar-refractivity contribution < 1.29 is 15.0 Å². The molecule has 1 aliphatic heterocycles. The molecule has 0 spiro atoms. The Kier molecular flexibility index (Phi) is 3.51. The summed E-state index contributed by atoms with van der Waals surface area (Å²) in [6.45, 7) is 0. The summed E-state index contributed by atoms with van der Waals surface area (Å²) >= 11 is 6.54. The highest BCUT2D eigenvalue weighted by atomic mass is 79.9. The molecule has 1 amide bonds. The molecule has 6 heteroatoms. The Balaban J connectivity index is 2.13. The first-order chi connectivity index (χ1) is 9.95. The van der Waals surface area contributed by atoms with E-state index in [4.69, 9.17) is 0 Å². The molecule has 3 rings (SSSR count). The van der Waals surface area contributed by atoms with Gasteiger partial charge in [0.2, 0.25) is 0 Å². The standard InChI is InChI=1S/C15H9Br2NO3/c16-8-1-2-12-9(6-8)10(15(21)18-12)3-7-4-11(17)14(20)13(19)5-7/h1-6,19-20H,(H,18,21)/b10-3-. The molecule has 0 saturated heterocycles. The van der Waals surface area contributed by atoms with Crippen molar-refractivity contribution in [1.29, 1.82) is 0 Å². The van der Waals surface area contributed by atoms with Crippen molar-refractivity contribution in [2.45, 2.75) is 0 Å². The van der Waals surface area contributed by atoms with E-state index < -0.39 is 0 Å². The molecule has 0 radical (unpaired) electrons. The fourth-order valence-electron chi connectivity index (χ4n) is 2.16. The maximum absolute atomic E-state index is 12.1. The van der Waals surface area contributed by atoms with Gasteiger partial charge in [-0.1, -0.05) is 15.9 Å². The lowest BCUT2D eigenvalue weighted by Crippen LogP contribution is -2.03. The summed E-state index contributed by atoms with van der Waals surface area (Å²) in [6, 6.07) is 8.56. The Morgan fingerprint density at radius 1 is 1.10 bits per heavy atom. The average molecular weight is 411 g/mol. The zero-order chi connectivity index (χ0) is 15.1. The van der Waals surface area contributed by atoms with Gasteiger partial charge in [0.25, 0.3) is 5.91 Å². The number of aromatic hydroxyl groups is 2. The highest BCUT2D eigenvalue weighted by Gasteiger charge is 2.24. The molecule has 0 unspecified atom stereocenters. The van der Waals surface area contributed by atoms with Gasteiger partial charge in [0.1, 0.15) is 0 Å². The second kappa shape index (κ2) is 5.20. The van der Waals surface area contributed by atoms with E-state index >= 15 is 0 Å². The second-order valence-corrected chi connectivity index (χ2v) is 6.34. The summed E-state index contributed by atoms with van der Waals surface area (Å²) < 4.78 is 1.24. The zero-order valence-electron chi connectivity index (χ0n) is 10.5. The predicted molar refractivity (Wildman–Crippen MR) is 88.1 cm³/mol. The van der Waals surface area contributed by atoms with E-state index in [0.717, 1.165) is 15.7 Å². The minimum atomic E-state index is -0.246. The highest BCUT2D eigenvalue weighted by molar-refractivity contribution is 9.10. The van der Waals surface area contributed by atoms with Gasteiger partial charge in [0, 0.05) is 21.3 Å². The van der Waals surface area contributed by atoms with E-state index in [1.165, 1.54) is 6.07 Å². The minimum Gasteiger partial charge on any atom is -0.504 e. The summed E-state index contributed by atoms with van der Waals surface area (Å²) in [6.07, 6.45) is 1.66. The van der Waals surface area contributed by atoms with Crippen LogP contribution in [0.25, 0.3) is 11.6 Å². The van der Waals surface area contributed by atoms with Crippen LogP contribution in [0.3, 0.4) is 0 Å². The van der Waals surface area contributed by atoms with Gasteiger partial charge >= 0.3 is 0 Å². The first-order valence-corrected chi connectivity index (χ1v) is 7.59. The zero-order valence-corrected chi connectivity index (χ0v) is 13.7. The van der Waals surface area contributed by atoms with E-state index in [1.54, 1.807) is 12.1 Å². The first-order valence-electron chi connectivity index (χ1n) is 6.00. The van der Waals surface area contributed by atoms with Crippen LogP contribution in [0.4, 0.5) is 5.69 Å². The van der Waals surface area contributed by atoms with Gasteiger partial charge in [-0.15, -0.1) is 0 Å². The summed E-state index contributed by atoms with van der Waals surface area (Å²) in [7, 11) is 0. The molecule has 0 atom stereocenters. The number of hydrogen-bond acceptors (Lipinski definition) is 3. The topological polar surface area (TPSA) is 69.6 Å². The molecule has 0 aliphatic carbocycles. The largest absolute Gasteiger partial charge is 0.504 e. The summed E-state index contributed by atoms with van der Waals surface area (Å²) in [5, 5.41) is 22.0. The maximum atomic E-state index is 12.1. The van der Waals surface area contributed by atoms with Crippen LogP contribution in [0.5, 0.6) is 11.5 Å². The fraction of sp³-hybridized carbons (Fsp3) is 0. The maximum Gasteiger partial charge on any atom is 0.256 e. The summed E-state index contributed by atoms with van der Waals surface area (Å²) in [5.41, 5.74) is 2.65. The lowest BCUT2D eigenvalue weighted by Gasteiger charge is -2.04. The predicted octanol–water partition coefficient (Wildman–Crippen LogP) is 4.12. The molecule has 21 heavy (non-hydrogen) atoms. The number of anilines is 1. The molecule has 0 saturated carbocycles. The third-order valence-corrected chi connectivity index (χ3v) is 4.24. The lowest BCUT2D eigenvalue weighted by molar-refractivity contribution is -0.110. The smallest absolute Gasteiger partial charge is 0.256 e. The molecule has 2 aromatic rings. The molecule has 0 aromatic heterocycles. The van der Waals surface area contributed by atoms with Crippen LogP contribution >= 0.6 is 31.9 Å². The van der Waals surface area contributed by atoms with Crippen molar-refractivity contribution in [2.24, 2.45) is 0 Å². The fourth-order valence-corrected chi connectivity index (χ4v) is 2.99. The molecule has 2 aromatic carbocycles. The molecule has 106 valence electrons. The number of carbonyl (C=O) groups excluding carboxylic acids is 1. The number of phenolic OH excluding ortho intramolecular Hbond substituents is 2. The van der Waals surface area contributed by atoms with Crippen molar-refractivity contribution in [3.05, 3.63) is 50.4 Å². The number of benzene rings is 2. The molecule has 1 aliphatic rings. The van der Waals surface area contributed by atoms with Gasteiger partial charge in [-0.3, -0.25) is 4.79 Å². The van der Waals surface area contributed by atoms with Gasteiger partial charge in [-0.05, 0) is 57.9 Å². The molecule has 0 fully saturated rings. The molecular formula is C15H9Br2NO3. The first kappa shape index (κ1) is 14.2. The van der Waals surface area contributed by atoms with Crippen molar-refractivity contribution >= 4 is 55.1 Å². The Morgan fingerprint density at radius 3 is 2.57 bits per heavy atom. The highest BCUT2D eigenvalue weighted by Crippen LogP contribution is 2.38.